The molecule has 1 aromatic heterocycles. The van der Waals surface area contributed by atoms with Crippen molar-refractivity contribution in [3.8, 4) is 5.75 Å². The molecular weight excluding hydrogens is 382 g/mol. The van der Waals surface area contributed by atoms with Crippen LogP contribution in [0.4, 0.5) is 10.8 Å². The number of carbonyl (C=O) groups is 1. The summed E-state index contributed by atoms with van der Waals surface area (Å²) in [5.74, 6) is 0.938. The molecule has 0 radical (unpaired) electrons. The van der Waals surface area contributed by atoms with Crippen molar-refractivity contribution in [2.45, 2.75) is 12.8 Å². The van der Waals surface area contributed by atoms with E-state index in [0.717, 1.165) is 52.7 Å². The Bertz CT molecular complexity index is 950. The largest absolute Gasteiger partial charge is 0.497 e. The number of rotatable bonds is 4. The second-order valence-electron chi connectivity index (χ2n) is 6.59. The number of hydrogen-bond acceptors (Lipinski definition) is 5. The molecule has 2 aromatic carbocycles. The van der Waals surface area contributed by atoms with Crippen molar-refractivity contribution < 1.29 is 9.53 Å². The second kappa shape index (κ2) is 7.74. The predicted octanol–water partition coefficient (Wildman–Crippen LogP) is 4.81. The summed E-state index contributed by atoms with van der Waals surface area (Å²) >= 11 is 7.56. The molecule has 1 aliphatic heterocycles. The summed E-state index contributed by atoms with van der Waals surface area (Å²) in [6, 6.07) is 13.1. The molecule has 0 spiro atoms. The molecule has 140 valence electrons. The van der Waals surface area contributed by atoms with Gasteiger partial charge in [0.25, 0.3) is 0 Å². The Balaban J connectivity index is 1.38. The van der Waals surface area contributed by atoms with Gasteiger partial charge in [-0.05, 0) is 55.3 Å². The van der Waals surface area contributed by atoms with Gasteiger partial charge in [0, 0.05) is 29.7 Å². The number of methoxy groups -OCH3 is 1. The molecule has 1 N–H and O–H groups in total. The molecule has 7 heteroatoms. The highest BCUT2D eigenvalue weighted by molar-refractivity contribution is 7.22. The number of anilines is 2. The zero-order valence-electron chi connectivity index (χ0n) is 14.9. The van der Waals surface area contributed by atoms with Crippen LogP contribution in [0.5, 0.6) is 5.75 Å². The summed E-state index contributed by atoms with van der Waals surface area (Å²) in [4.78, 5) is 19.5. The molecular formula is C20H20ClN3O2S. The number of nitrogens with one attached hydrogen (secondary N) is 1. The fourth-order valence-corrected chi connectivity index (χ4v) is 4.44. The fraction of sp³-hybridized carbons (Fsp3) is 0.300. The molecule has 1 amide bonds. The van der Waals surface area contributed by atoms with Crippen molar-refractivity contribution in [3.63, 3.8) is 0 Å². The van der Waals surface area contributed by atoms with E-state index in [0.29, 0.717) is 5.02 Å². The number of ether oxygens (including phenoxy) is 1. The Morgan fingerprint density at radius 1 is 1.22 bits per heavy atom. The number of amides is 1. The van der Waals surface area contributed by atoms with Crippen molar-refractivity contribution in [3.05, 3.63) is 47.5 Å². The lowest BCUT2D eigenvalue weighted by molar-refractivity contribution is -0.120. The number of nitrogens with zero attached hydrogens (tertiary/aromatic N) is 2. The summed E-state index contributed by atoms with van der Waals surface area (Å²) in [5, 5.41) is 4.66. The molecule has 0 saturated carbocycles. The van der Waals surface area contributed by atoms with E-state index in [-0.39, 0.29) is 11.8 Å². The smallest absolute Gasteiger partial charge is 0.227 e. The molecule has 1 saturated heterocycles. The van der Waals surface area contributed by atoms with Gasteiger partial charge < -0.3 is 15.0 Å². The van der Waals surface area contributed by atoms with Gasteiger partial charge in [0.1, 0.15) is 5.75 Å². The zero-order valence-corrected chi connectivity index (χ0v) is 16.5. The molecule has 0 atom stereocenters. The van der Waals surface area contributed by atoms with Crippen molar-refractivity contribution in [1.82, 2.24) is 4.98 Å². The van der Waals surface area contributed by atoms with Gasteiger partial charge >= 0.3 is 0 Å². The predicted molar refractivity (Wildman–Crippen MR) is 111 cm³/mol. The molecule has 0 bridgehead atoms. The van der Waals surface area contributed by atoms with E-state index in [1.54, 1.807) is 30.6 Å². The lowest BCUT2D eigenvalue weighted by Crippen LogP contribution is -2.38. The van der Waals surface area contributed by atoms with Crippen LogP contribution in [-0.2, 0) is 4.79 Å². The SMILES string of the molecule is COc1ccc2nc(N3CCC(C(=O)Nc4ccc(Cl)cc4)CC3)sc2c1. The molecule has 3 aromatic rings. The number of halogens is 1. The highest BCUT2D eigenvalue weighted by atomic mass is 35.5. The third-order valence-corrected chi connectivity index (χ3v) is 6.16. The number of hydrogen-bond donors (Lipinski definition) is 1. The minimum absolute atomic E-state index is 0.0198. The molecule has 27 heavy (non-hydrogen) atoms. The van der Waals surface area contributed by atoms with Crippen LogP contribution in [-0.4, -0.2) is 31.1 Å². The lowest BCUT2D eigenvalue weighted by Gasteiger charge is -2.31. The summed E-state index contributed by atoms with van der Waals surface area (Å²) in [6.07, 6.45) is 1.64. The van der Waals surface area contributed by atoms with Crippen LogP contribution < -0.4 is 15.0 Å². The van der Waals surface area contributed by atoms with Crippen molar-refractivity contribution in [2.75, 3.05) is 30.4 Å². The van der Waals surface area contributed by atoms with E-state index in [2.05, 4.69) is 10.2 Å². The van der Waals surface area contributed by atoms with Crippen LogP contribution in [0.25, 0.3) is 10.2 Å². The zero-order chi connectivity index (χ0) is 18.8. The Morgan fingerprint density at radius 2 is 1.96 bits per heavy atom. The molecule has 5 nitrogen and oxygen atoms in total. The standard InChI is InChI=1S/C20H20ClN3O2S/c1-26-16-6-7-17-18(12-16)27-20(23-17)24-10-8-13(9-11-24)19(25)22-15-4-2-14(21)3-5-15/h2-7,12-13H,8-11H2,1H3,(H,22,25). The quantitative estimate of drug-likeness (QED) is 0.681. The summed E-state index contributed by atoms with van der Waals surface area (Å²) in [7, 11) is 1.67. The van der Waals surface area contributed by atoms with Crippen LogP contribution in [0.3, 0.4) is 0 Å². The van der Waals surface area contributed by atoms with Crippen LogP contribution in [0.2, 0.25) is 5.02 Å². The van der Waals surface area contributed by atoms with E-state index < -0.39 is 0 Å². The molecule has 0 aliphatic carbocycles. The maximum atomic E-state index is 12.5. The van der Waals surface area contributed by atoms with Crippen molar-refractivity contribution in [1.29, 1.82) is 0 Å². The number of piperidine rings is 1. The number of benzene rings is 2. The first kappa shape index (κ1) is 18.1. The summed E-state index contributed by atoms with van der Waals surface area (Å²) in [6.45, 7) is 1.66. The van der Waals surface area contributed by atoms with E-state index in [4.69, 9.17) is 21.3 Å². The third kappa shape index (κ3) is 4.01. The Hall–Kier alpha value is -2.31. The topological polar surface area (TPSA) is 54.5 Å². The second-order valence-corrected chi connectivity index (χ2v) is 8.03. The normalized spacial score (nSPS) is 15.1. The minimum Gasteiger partial charge on any atom is -0.497 e. The van der Waals surface area contributed by atoms with E-state index in [9.17, 15) is 4.79 Å². The fourth-order valence-electron chi connectivity index (χ4n) is 3.27. The van der Waals surface area contributed by atoms with E-state index in [1.807, 2.05) is 30.3 Å². The first-order chi connectivity index (χ1) is 13.1. The van der Waals surface area contributed by atoms with Gasteiger partial charge in [-0.3, -0.25) is 4.79 Å². The Kier molecular flexibility index (Phi) is 5.18. The lowest BCUT2D eigenvalue weighted by atomic mass is 9.96. The van der Waals surface area contributed by atoms with Crippen LogP contribution in [0.15, 0.2) is 42.5 Å². The van der Waals surface area contributed by atoms with Gasteiger partial charge in [-0.15, -0.1) is 0 Å². The first-order valence-electron chi connectivity index (χ1n) is 8.88. The molecule has 1 fully saturated rings. The maximum absolute atomic E-state index is 12.5. The third-order valence-electron chi connectivity index (χ3n) is 4.83. The summed E-state index contributed by atoms with van der Waals surface area (Å²) < 4.78 is 6.40. The number of fused-ring (bicyclic) bond motifs is 1. The van der Waals surface area contributed by atoms with E-state index >= 15 is 0 Å². The number of aromatic nitrogens is 1. The highest BCUT2D eigenvalue weighted by Crippen LogP contribution is 2.33. The molecule has 4 rings (SSSR count). The summed E-state index contributed by atoms with van der Waals surface area (Å²) in [5.41, 5.74) is 1.77. The monoisotopic (exact) mass is 401 g/mol. The first-order valence-corrected chi connectivity index (χ1v) is 10.1. The highest BCUT2D eigenvalue weighted by Gasteiger charge is 2.26. The van der Waals surface area contributed by atoms with Crippen molar-refractivity contribution in [2.24, 2.45) is 5.92 Å². The van der Waals surface area contributed by atoms with Crippen LogP contribution in [0.1, 0.15) is 12.8 Å². The molecule has 1 aliphatic rings. The van der Waals surface area contributed by atoms with Gasteiger partial charge in [-0.2, -0.15) is 0 Å². The minimum atomic E-state index is 0.0198. The Labute approximate surface area is 166 Å². The van der Waals surface area contributed by atoms with E-state index in [1.165, 1.54) is 0 Å². The van der Waals surface area contributed by atoms with Gasteiger partial charge in [0.15, 0.2) is 5.13 Å². The van der Waals surface area contributed by atoms with Gasteiger partial charge in [-0.25, -0.2) is 4.98 Å². The van der Waals surface area contributed by atoms with Crippen molar-refractivity contribution >= 4 is 49.9 Å². The number of carbonyl (C=O) groups excluding carboxylic acids is 1. The Morgan fingerprint density at radius 3 is 2.67 bits per heavy atom. The molecule has 0 unspecified atom stereocenters. The van der Waals surface area contributed by atoms with Crippen LogP contribution in [0, 0.1) is 5.92 Å². The van der Waals surface area contributed by atoms with Gasteiger partial charge in [0.05, 0.1) is 17.3 Å². The molecule has 2 heterocycles. The van der Waals surface area contributed by atoms with Crippen LogP contribution >= 0.6 is 22.9 Å². The number of thiazole rings is 1. The average molecular weight is 402 g/mol. The van der Waals surface area contributed by atoms with Gasteiger partial charge in [0.2, 0.25) is 5.91 Å². The average Bonchev–Trinajstić information content (AvgIpc) is 3.13. The van der Waals surface area contributed by atoms with Gasteiger partial charge in [-0.1, -0.05) is 22.9 Å². The maximum Gasteiger partial charge on any atom is 0.227 e.